The number of aryl methyl sites for hydroxylation is 1. The van der Waals surface area contributed by atoms with Crippen molar-refractivity contribution in [2.45, 2.75) is 44.6 Å². The van der Waals surface area contributed by atoms with Crippen LogP contribution in [-0.4, -0.2) is 25.4 Å². The number of alkyl halides is 3. The first kappa shape index (κ1) is 22.4. The minimum atomic E-state index is -4.71. The number of nitrogens with zero attached hydrogens (tertiary/aromatic N) is 1. The van der Waals surface area contributed by atoms with E-state index in [9.17, 15) is 13.2 Å². The molecule has 0 saturated heterocycles. The Labute approximate surface area is 178 Å². The molecule has 1 heterocycles. The van der Waals surface area contributed by atoms with Crippen molar-refractivity contribution >= 4 is 29.9 Å². The van der Waals surface area contributed by atoms with Crippen LogP contribution in [-0.2, 0) is 0 Å². The molecule has 2 aromatic rings. The van der Waals surface area contributed by atoms with Crippen molar-refractivity contribution in [2.75, 3.05) is 7.05 Å². The molecule has 1 fully saturated rings. The number of furan rings is 1. The summed E-state index contributed by atoms with van der Waals surface area (Å²) in [6, 6.07) is 9.92. The Hall–Kier alpha value is -1.91. The van der Waals surface area contributed by atoms with Crippen molar-refractivity contribution in [2.24, 2.45) is 4.99 Å². The van der Waals surface area contributed by atoms with Gasteiger partial charge in [-0.05, 0) is 44.0 Å². The highest BCUT2D eigenvalue weighted by Crippen LogP contribution is 2.45. The summed E-state index contributed by atoms with van der Waals surface area (Å²) in [5.74, 6) is 1.96. The van der Waals surface area contributed by atoms with Crippen molar-refractivity contribution in [1.82, 2.24) is 10.6 Å². The highest BCUT2D eigenvalue weighted by atomic mass is 127. The highest BCUT2D eigenvalue weighted by molar-refractivity contribution is 14.0. The average molecular weight is 509 g/mol. The lowest BCUT2D eigenvalue weighted by molar-refractivity contribution is -0.274. The zero-order valence-corrected chi connectivity index (χ0v) is 18.0. The Kier molecular flexibility index (Phi) is 7.24. The second kappa shape index (κ2) is 9.06. The predicted octanol–water partition coefficient (Wildman–Crippen LogP) is 4.89. The zero-order chi connectivity index (χ0) is 19.6. The molecule has 0 bridgehead atoms. The quantitative estimate of drug-likeness (QED) is 0.343. The Balaban J connectivity index is 0.00000280. The lowest BCUT2D eigenvalue weighted by atomic mass is 10.1. The molecule has 3 rings (SSSR count). The van der Waals surface area contributed by atoms with Gasteiger partial charge in [-0.25, -0.2) is 0 Å². The fourth-order valence-corrected chi connectivity index (χ4v) is 3.01. The number of rotatable bonds is 5. The summed E-state index contributed by atoms with van der Waals surface area (Å²) in [4.78, 5) is 4.19. The average Bonchev–Trinajstić information content (AvgIpc) is 3.21. The molecule has 28 heavy (non-hydrogen) atoms. The topological polar surface area (TPSA) is 58.8 Å². The number of aliphatic imine (C=N–C) groups is 1. The van der Waals surface area contributed by atoms with Gasteiger partial charge in [0.1, 0.15) is 17.3 Å². The van der Waals surface area contributed by atoms with Gasteiger partial charge < -0.3 is 19.8 Å². The Morgan fingerprint density at radius 1 is 1.25 bits per heavy atom. The number of hydrogen-bond acceptors (Lipinski definition) is 3. The number of guanidine groups is 1. The number of para-hydroxylation sites is 1. The Bertz CT molecular complexity index is 823. The predicted molar refractivity (Wildman–Crippen MR) is 111 cm³/mol. The van der Waals surface area contributed by atoms with E-state index in [-0.39, 0.29) is 47.7 Å². The van der Waals surface area contributed by atoms with Gasteiger partial charge in [0.05, 0.1) is 6.04 Å². The van der Waals surface area contributed by atoms with Crippen LogP contribution in [0, 0.1) is 6.92 Å². The van der Waals surface area contributed by atoms with E-state index in [4.69, 9.17) is 4.42 Å². The third-order valence-electron chi connectivity index (χ3n) is 4.42. The van der Waals surface area contributed by atoms with E-state index in [1.54, 1.807) is 19.2 Å². The molecule has 1 aliphatic rings. The molecule has 1 aromatic carbocycles. The molecule has 9 heteroatoms. The van der Waals surface area contributed by atoms with Crippen LogP contribution in [0.25, 0.3) is 0 Å². The summed E-state index contributed by atoms with van der Waals surface area (Å²) in [6.07, 6.45) is -4.00. The first-order chi connectivity index (χ1) is 12.8. The lowest BCUT2D eigenvalue weighted by Crippen LogP contribution is -2.40. The normalized spacial score (nSPS) is 20.1. The standard InChI is InChI=1S/C19H22F3N3O2.HI/c1-11-8-9-16(26-11)12(2)24-18(23-3)25-15-10-14(15)13-6-4-5-7-17(13)27-19(20,21)22;/h4-9,12,14-15H,10H2,1-3H3,(H2,23,24,25);1H. The van der Waals surface area contributed by atoms with Crippen molar-refractivity contribution in [3.63, 3.8) is 0 Å². The monoisotopic (exact) mass is 509 g/mol. The molecule has 0 radical (unpaired) electrons. The molecule has 1 aliphatic carbocycles. The number of benzene rings is 1. The molecule has 0 aliphatic heterocycles. The Morgan fingerprint density at radius 3 is 2.57 bits per heavy atom. The van der Waals surface area contributed by atoms with E-state index in [0.717, 1.165) is 11.5 Å². The van der Waals surface area contributed by atoms with Gasteiger partial charge in [-0.1, -0.05) is 18.2 Å². The van der Waals surface area contributed by atoms with Crippen molar-refractivity contribution in [1.29, 1.82) is 0 Å². The molecule has 2 N–H and O–H groups in total. The third-order valence-corrected chi connectivity index (χ3v) is 4.42. The van der Waals surface area contributed by atoms with Crippen LogP contribution in [0.5, 0.6) is 5.75 Å². The number of nitrogens with one attached hydrogen (secondary N) is 2. The molecular formula is C19H23F3IN3O2. The molecule has 3 unspecified atom stereocenters. The van der Waals surface area contributed by atoms with Crippen LogP contribution in [0.3, 0.4) is 0 Å². The van der Waals surface area contributed by atoms with E-state index in [1.807, 2.05) is 26.0 Å². The van der Waals surface area contributed by atoms with Crippen LogP contribution in [0.15, 0.2) is 45.8 Å². The van der Waals surface area contributed by atoms with E-state index in [2.05, 4.69) is 20.4 Å². The van der Waals surface area contributed by atoms with Gasteiger partial charge in [0.2, 0.25) is 0 Å². The van der Waals surface area contributed by atoms with Gasteiger partial charge in [-0.15, -0.1) is 37.1 Å². The third kappa shape index (κ3) is 5.79. The maximum atomic E-state index is 12.6. The van der Waals surface area contributed by atoms with Gasteiger partial charge >= 0.3 is 6.36 Å². The number of hydrogen-bond donors (Lipinski definition) is 2. The summed E-state index contributed by atoms with van der Waals surface area (Å²) in [6.45, 7) is 3.82. The molecule has 1 aromatic heterocycles. The van der Waals surface area contributed by atoms with E-state index >= 15 is 0 Å². The van der Waals surface area contributed by atoms with Crippen LogP contribution >= 0.6 is 24.0 Å². The SMILES string of the molecule is CN=C(NC(C)c1ccc(C)o1)NC1CC1c1ccccc1OC(F)(F)F.I. The van der Waals surface area contributed by atoms with E-state index < -0.39 is 6.36 Å². The van der Waals surface area contributed by atoms with E-state index in [0.29, 0.717) is 17.9 Å². The van der Waals surface area contributed by atoms with Crippen molar-refractivity contribution in [3.05, 3.63) is 53.5 Å². The Morgan fingerprint density at radius 2 is 1.96 bits per heavy atom. The summed E-state index contributed by atoms with van der Waals surface area (Å²) >= 11 is 0. The fourth-order valence-electron chi connectivity index (χ4n) is 3.01. The fraction of sp³-hybridized carbons (Fsp3) is 0.421. The molecule has 0 spiro atoms. The van der Waals surface area contributed by atoms with Crippen LogP contribution in [0.1, 0.15) is 42.4 Å². The first-order valence-electron chi connectivity index (χ1n) is 8.67. The second-order valence-corrected chi connectivity index (χ2v) is 6.57. The molecule has 154 valence electrons. The summed E-state index contributed by atoms with van der Waals surface area (Å²) in [5, 5.41) is 6.47. The smallest absolute Gasteiger partial charge is 0.464 e. The second-order valence-electron chi connectivity index (χ2n) is 6.57. The summed E-state index contributed by atoms with van der Waals surface area (Å²) in [7, 11) is 1.65. The van der Waals surface area contributed by atoms with E-state index in [1.165, 1.54) is 12.1 Å². The summed E-state index contributed by atoms with van der Waals surface area (Å²) in [5.41, 5.74) is 0.539. The molecule has 3 atom stereocenters. The summed E-state index contributed by atoms with van der Waals surface area (Å²) < 4.78 is 47.5. The van der Waals surface area contributed by atoms with Gasteiger partial charge in [0.25, 0.3) is 0 Å². The largest absolute Gasteiger partial charge is 0.573 e. The zero-order valence-electron chi connectivity index (χ0n) is 15.7. The van der Waals surface area contributed by atoms with Gasteiger partial charge in [-0.2, -0.15) is 0 Å². The first-order valence-corrected chi connectivity index (χ1v) is 8.67. The van der Waals surface area contributed by atoms with Gasteiger partial charge in [-0.3, -0.25) is 4.99 Å². The molecule has 1 saturated carbocycles. The van der Waals surface area contributed by atoms with Gasteiger partial charge in [0.15, 0.2) is 5.96 Å². The van der Waals surface area contributed by atoms with Crippen LogP contribution in [0.2, 0.25) is 0 Å². The minimum Gasteiger partial charge on any atom is -0.464 e. The number of halogens is 4. The molecule has 0 amide bonds. The molecule has 5 nitrogen and oxygen atoms in total. The van der Waals surface area contributed by atoms with Crippen molar-refractivity contribution < 1.29 is 22.3 Å². The highest BCUT2D eigenvalue weighted by Gasteiger charge is 2.42. The number of ether oxygens (including phenoxy) is 1. The lowest BCUT2D eigenvalue weighted by Gasteiger charge is -2.17. The molecular weight excluding hydrogens is 486 g/mol. The minimum absolute atomic E-state index is 0. The van der Waals surface area contributed by atoms with Gasteiger partial charge in [0, 0.05) is 19.0 Å². The maximum absolute atomic E-state index is 12.6. The van der Waals surface area contributed by atoms with Crippen molar-refractivity contribution in [3.8, 4) is 5.75 Å². The van der Waals surface area contributed by atoms with Crippen LogP contribution < -0.4 is 15.4 Å². The van der Waals surface area contributed by atoms with Crippen LogP contribution in [0.4, 0.5) is 13.2 Å². The maximum Gasteiger partial charge on any atom is 0.573 e.